The van der Waals surface area contributed by atoms with Crippen molar-refractivity contribution in [3.8, 4) is 0 Å². The Morgan fingerprint density at radius 2 is 1.63 bits per heavy atom. The molecule has 4 aliphatic rings. The van der Waals surface area contributed by atoms with Crippen LogP contribution in [0.25, 0.3) is 0 Å². The predicted molar refractivity (Wildman–Crippen MR) is 106 cm³/mol. The van der Waals surface area contributed by atoms with Gasteiger partial charge in [0.25, 0.3) is 0 Å². The maximum absolute atomic E-state index is 13.2. The molecule has 4 heteroatoms. The topological polar surface area (TPSA) is 32.8 Å². The zero-order valence-electron chi connectivity index (χ0n) is 16.3. The van der Waals surface area contributed by atoms with E-state index in [-0.39, 0.29) is 5.92 Å². The van der Waals surface area contributed by atoms with Crippen molar-refractivity contribution in [2.45, 2.75) is 62.9 Å². The molecule has 1 aliphatic carbocycles. The molecule has 0 unspecified atom stereocenters. The highest BCUT2D eigenvalue weighted by Gasteiger charge is 2.49. The molecule has 0 N–H and O–H groups in total. The second-order valence-corrected chi connectivity index (χ2v) is 9.24. The number of nitrogens with zero attached hydrogens (tertiary/aromatic N) is 2. The van der Waals surface area contributed by atoms with Crippen molar-refractivity contribution in [2.75, 3.05) is 32.8 Å². The van der Waals surface area contributed by atoms with Crippen molar-refractivity contribution in [3.05, 3.63) is 35.9 Å². The molecule has 3 saturated heterocycles. The fourth-order valence-electron chi connectivity index (χ4n) is 5.64. The van der Waals surface area contributed by atoms with Crippen LogP contribution in [0.5, 0.6) is 0 Å². The standard InChI is InChI=1S/C23H32N2O2/c26-22-21(18-4-2-1-3-5-18)16-23(17-25(22)20-6-7-20)10-12-24(13-11-23)19-8-14-27-15-9-19/h1-5,19-21H,6-17H2/t21-/m0/s1. The first kappa shape index (κ1) is 17.7. The lowest BCUT2D eigenvalue weighted by atomic mass is 9.67. The first-order valence-electron chi connectivity index (χ1n) is 10.9. The van der Waals surface area contributed by atoms with E-state index in [2.05, 4.69) is 40.1 Å². The average molecular weight is 369 g/mol. The summed E-state index contributed by atoms with van der Waals surface area (Å²) in [5.74, 6) is 0.455. The highest BCUT2D eigenvalue weighted by atomic mass is 16.5. The van der Waals surface area contributed by atoms with E-state index < -0.39 is 0 Å². The van der Waals surface area contributed by atoms with Crippen LogP contribution in [0.15, 0.2) is 30.3 Å². The molecule has 3 heterocycles. The van der Waals surface area contributed by atoms with Gasteiger partial charge in [0.05, 0.1) is 5.92 Å². The van der Waals surface area contributed by atoms with E-state index in [1.807, 2.05) is 0 Å². The van der Waals surface area contributed by atoms with Gasteiger partial charge in [0.2, 0.25) is 5.91 Å². The molecule has 3 aliphatic heterocycles. The predicted octanol–water partition coefficient (Wildman–Crippen LogP) is 3.43. The molecular formula is C23H32N2O2. The number of piperidine rings is 2. The fourth-order valence-corrected chi connectivity index (χ4v) is 5.64. The van der Waals surface area contributed by atoms with E-state index in [1.54, 1.807) is 0 Å². The smallest absolute Gasteiger partial charge is 0.230 e. The third-order valence-electron chi connectivity index (χ3n) is 7.48. The molecule has 5 rings (SSSR count). The van der Waals surface area contributed by atoms with Crippen molar-refractivity contribution in [3.63, 3.8) is 0 Å². The normalized spacial score (nSPS) is 30.0. The van der Waals surface area contributed by atoms with Gasteiger partial charge < -0.3 is 14.5 Å². The van der Waals surface area contributed by atoms with Gasteiger partial charge in [0.15, 0.2) is 0 Å². The fraction of sp³-hybridized carbons (Fsp3) is 0.696. The van der Waals surface area contributed by atoms with Crippen LogP contribution in [0.4, 0.5) is 0 Å². The van der Waals surface area contributed by atoms with Crippen molar-refractivity contribution in [2.24, 2.45) is 5.41 Å². The maximum Gasteiger partial charge on any atom is 0.230 e. The summed E-state index contributed by atoms with van der Waals surface area (Å²) in [5.41, 5.74) is 1.54. The largest absolute Gasteiger partial charge is 0.381 e. The van der Waals surface area contributed by atoms with Crippen molar-refractivity contribution in [1.29, 1.82) is 0 Å². The molecule has 1 amide bonds. The Balaban J connectivity index is 1.33. The van der Waals surface area contributed by atoms with E-state index >= 15 is 0 Å². The van der Waals surface area contributed by atoms with Gasteiger partial charge in [0.1, 0.15) is 0 Å². The van der Waals surface area contributed by atoms with Gasteiger partial charge in [0, 0.05) is 31.8 Å². The van der Waals surface area contributed by atoms with Crippen LogP contribution in [0.3, 0.4) is 0 Å². The first-order chi connectivity index (χ1) is 13.2. The Kier molecular flexibility index (Phi) is 4.73. The van der Waals surface area contributed by atoms with Crippen molar-refractivity contribution in [1.82, 2.24) is 9.80 Å². The number of rotatable bonds is 3. The van der Waals surface area contributed by atoms with Gasteiger partial charge >= 0.3 is 0 Å². The number of benzene rings is 1. The number of hydrogen-bond donors (Lipinski definition) is 0. The molecule has 1 atom stereocenters. The molecule has 0 bridgehead atoms. The average Bonchev–Trinajstić information content (AvgIpc) is 3.57. The van der Waals surface area contributed by atoms with E-state index in [4.69, 9.17) is 4.74 Å². The van der Waals surface area contributed by atoms with Gasteiger partial charge in [-0.15, -0.1) is 0 Å². The first-order valence-corrected chi connectivity index (χ1v) is 10.9. The summed E-state index contributed by atoms with van der Waals surface area (Å²) in [6.45, 7) is 5.23. The van der Waals surface area contributed by atoms with E-state index in [1.165, 1.54) is 57.2 Å². The molecule has 0 aromatic heterocycles. The summed E-state index contributed by atoms with van der Waals surface area (Å²) in [6, 6.07) is 11.8. The minimum absolute atomic E-state index is 0.0650. The number of amides is 1. The van der Waals surface area contributed by atoms with Crippen LogP contribution >= 0.6 is 0 Å². The summed E-state index contributed by atoms with van der Waals surface area (Å²) >= 11 is 0. The summed E-state index contributed by atoms with van der Waals surface area (Å²) in [7, 11) is 0. The zero-order valence-corrected chi connectivity index (χ0v) is 16.3. The Morgan fingerprint density at radius 3 is 2.30 bits per heavy atom. The highest BCUT2D eigenvalue weighted by molar-refractivity contribution is 5.85. The third kappa shape index (κ3) is 3.54. The van der Waals surface area contributed by atoms with Crippen LogP contribution in [0.1, 0.15) is 56.4 Å². The Labute approximate surface area is 162 Å². The van der Waals surface area contributed by atoms with Gasteiger partial charge in [-0.25, -0.2) is 0 Å². The van der Waals surface area contributed by atoms with E-state index in [0.29, 0.717) is 23.4 Å². The molecule has 146 valence electrons. The molecule has 1 aromatic rings. The lowest BCUT2D eigenvalue weighted by Crippen LogP contribution is -2.56. The van der Waals surface area contributed by atoms with Gasteiger partial charge in [-0.05, 0) is 69.0 Å². The number of hydrogen-bond acceptors (Lipinski definition) is 3. The molecule has 1 saturated carbocycles. The molecule has 0 radical (unpaired) electrons. The molecule has 1 spiro atoms. The Morgan fingerprint density at radius 1 is 0.926 bits per heavy atom. The van der Waals surface area contributed by atoms with Crippen molar-refractivity contribution < 1.29 is 9.53 Å². The minimum atomic E-state index is 0.0650. The molecule has 27 heavy (non-hydrogen) atoms. The zero-order chi connectivity index (χ0) is 18.3. The third-order valence-corrected chi connectivity index (χ3v) is 7.48. The molecule has 1 aromatic carbocycles. The molecular weight excluding hydrogens is 336 g/mol. The van der Waals surface area contributed by atoms with Crippen LogP contribution in [0, 0.1) is 5.41 Å². The van der Waals surface area contributed by atoms with E-state index in [9.17, 15) is 4.79 Å². The maximum atomic E-state index is 13.2. The Bertz CT molecular complexity index is 658. The lowest BCUT2D eigenvalue weighted by Gasteiger charge is -2.51. The van der Waals surface area contributed by atoms with Crippen molar-refractivity contribution >= 4 is 5.91 Å². The Hall–Kier alpha value is -1.39. The summed E-state index contributed by atoms with van der Waals surface area (Å²) in [4.78, 5) is 18.2. The number of likely N-dealkylation sites (tertiary alicyclic amines) is 2. The van der Waals surface area contributed by atoms with Crippen LogP contribution in [-0.4, -0.2) is 60.6 Å². The quantitative estimate of drug-likeness (QED) is 0.819. The summed E-state index contributed by atoms with van der Waals surface area (Å²) < 4.78 is 5.55. The minimum Gasteiger partial charge on any atom is -0.381 e. The second kappa shape index (κ2) is 7.21. The van der Waals surface area contributed by atoms with Crippen LogP contribution < -0.4 is 0 Å². The SMILES string of the molecule is O=C1[C@H](c2ccccc2)CC2(CCN(C3CCOCC3)CC2)CN1C1CC1. The summed E-state index contributed by atoms with van der Waals surface area (Å²) in [6.07, 6.45) is 8.31. The monoisotopic (exact) mass is 368 g/mol. The van der Waals surface area contributed by atoms with Gasteiger partial charge in [-0.1, -0.05) is 30.3 Å². The lowest BCUT2D eigenvalue weighted by molar-refractivity contribution is -0.143. The molecule has 4 nitrogen and oxygen atoms in total. The molecule has 4 fully saturated rings. The van der Waals surface area contributed by atoms with Crippen LogP contribution in [0.2, 0.25) is 0 Å². The second-order valence-electron chi connectivity index (χ2n) is 9.24. The summed E-state index contributed by atoms with van der Waals surface area (Å²) in [5, 5.41) is 0. The number of ether oxygens (including phenoxy) is 1. The van der Waals surface area contributed by atoms with Crippen LogP contribution in [-0.2, 0) is 9.53 Å². The number of carbonyl (C=O) groups excluding carboxylic acids is 1. The van der Waals surface area contributed by atoms with Gasteiger partial charge in [-0.2, -0.15) is 0 Å². The van der Waals surface area contributed by atoms with E-state index in [0.717, 1.165) is 26.2 Å². The highest BCUT2D eigenvalue weighted by Crippen LogP contribution is 2.48. The number of carbonyl (C=O) groups is 1. The van der Waals surface area contributed by atoms with Gasteiger partial charge in [-0.3, -0.25) is 4.79 Å².